The van der Waals surface area contributed by atoms with Crippen LogP contribution in [0, 0.1) is 0 Å². The minimum atomic E-state index is -4.31. The molecule has 0 aromatic heterocycles. The Kier molecular flexibility index (Phi) is 3.47. The Morgan fingerprint density at radius 2 is 1.80 bits per heavy atom. The molecular formula is C13H15F3N2O2. The predicted molar refractivity (Wildman–Crippen MR) is 65.8 cm³/mol. The van der Waals surface area contributed by atoms with Crippen molar-refractivity contribution >= 4 is 0 Å². The van der Waals surface area contributed by atoms with Gasteiger partial charge in [0, 0.05) is 26.2 Å². The lowest BCUT2D eigenvalue weighted by Crippen LogP contribution is -2.49. The van der Waals surface area contributed by atoms with Gasteiger partial charge in [-0.2, -0.15) is 13.2 Å². The maximum Gasteiger partial charge on any atom is 0.408 e. The fourth-order valence-electron chi connectivity index (χ4n) is 2.63. The van der Waals surface area contributed by atoms with Crippen molar-refractivity contribution in [2.45, 2.75) is 12.2 Å². The molecule has 0 unspecified atom stereocenters. The second kappa shape index (κ2) is 5.14. The first kappa shape index (κ1) is 13.5. The van der Waals surface area contributed by atoms with E-state index in [0.717, 1.165) is 0 Å². The highest BCUT2D eigenvalue weighted by molar-refractivity contribution is 5.45. The van der Waals surface area contributed by atoms with E-state index >= 15 is 0 Å². The van der Waals surface area contributed by atoms with Crippen LogP contribution in [-0.2, 0) is 0 Å². The Hall–Kier alpha value is -1.47. The normalized spacial score (nSPS) is 20.9. The van der Waals surface area contributed by atoms with Crippen molar-refractivity contribution < 1.29 is 22.6 Å². The Balaban J connectivity index is 1.92. The van der Waals surface area contributed by atoms with Crippen LogP contribution in [0.3, 0.4) is 0 Å². The molecule has 3 rings (SSSR count). The number of hydrogen-bond acceptors (Lipinski definition) is 4. The van der Waals surface area contributed by atoms with E-state index in [2.05, 4.69) is 5.32 Å². The van der Waals surface area contributed by atoms with Crippen molar-refractivity contribution in [1.82, 2.24) is 10.2 Å². The molecule has 2 aliphatic heterocycles. The predicted octanol–water partition coefficient (Wildman–Crippen LogP) is 1.92. The van der Waals surface area contributed by atoms with E-state index in [0.29, 0.717) is 37.7 Å². The molecule has 1 N–H and O–H groups in total. The quantitative estimate of drug-likeness (QED) is 0.901. The third-order valence-corrected chi connectivity index (χ3v) is 3.54. The summed E-state index contributed by atoms with van der Waals surface area (Å²) in [5, 5.41) is 3.06. The molecule has 0 spiro atoms. The Morgan fingerprint density at radius 1 is 1.10 bits per heavy atom. The fourth-order valence-corrected chi connectivity index (χ4v) is 2.63. The van der Waals surface area contributed by atoms with Crippen LogP contribution in [0.4, 0.5) is 13.2 Å². The lowest BCUT2D eigenvalue weighted by molar-refractivity contribution is -0.187. The second-order valence-electron chi connectivity index (χ2n) is 4.84. The van der Waals surface area contributed by atoms with Crippen LogP contribution in [0.5, 0.6) is 11.5 Å². The van der Waals surface area contributed by atoms with Gasteiger partial charge in [0.2, 0.25) is 6.79 Å². The summed E-state index contributed by atoms with van der Waals surface area (Å²) < 4.78 is 50.5. The number of alkyl halides is 3. The zero-order chi connectivity index (χ0) is 14.2. The molecule has 1 aromatic carbocycles. The summed E-state index contributed by atoms with van der Waals surface area (Å²) in [4.78, 5) is 1.45. The van der Waals surface area contributed by atoms with Gasteiger partial charge in [0.15, 0.2) is 11.5 Å². The molecule has 1 atom stereocenters. The van der Waals surface area contributed by atoms with Crippen molar-refractivity contribution in [3.05, 3.63) is 23.8 Å². The number of ether oxygens (including phenoxy) is 2. The van der Waals surface area contributed by atoms with E-state index in [1.54, 1.807) is 6.07 Å². The van der Waals surface area contributed by atoms with Crippen LogP contribution < -0.4 is 14.8 Å². The molecule has 1 aromatic rings. The van der Waals surface area contributed by atoms with Gasteiger partial charge in [-0.25, -0.2) is 0 Å². The highest BCUT2D eigenvalue weighted by Gasteiger charge is 2.45. The van der Waals surface area contributed by atoms with Crippen LogP contribution in [-0.4, -0.2) is 44.0 Å². The summed E-state index contributed by atoms with van der Waals surface area (Å²) in [6, 6.07) is 2.84. The van der Waals surface area contributed by atoms with Crippen LogP contribution in [0.15, 0.2) is 18.2 Å². The molecule has 1 saturated heterocycles. The lowest BCUT2D eigenvalue weighted by Gasteiger charge is -2.36. The van der Waals surface area contributed by atoms with Gasteiger partial charge in [0.05, 0.1) is 0 Å². The topological polar surface area (TPSA) is 33.7 Å². The second-order valence-corrected chi connectivity index (χ2v) is 4.84. The molecule has 0 bridgehead atoms. The van der Waals surface area contributed by atoms with Gasteiger partial charge in [-0.05, 0) is 17.7 Å². The van der Waals surface area contributed by atoms with E-state index in [4.69, 9.17) is 9.47 Å². The summed E-state index contributed by atoms with van der Waals surface area (Å²) in [6.45, 7) is 1.94. The van der Waals surface area contributed by atoms with E-state index in [-0.39, 0.29) is 12.4 Å². The minimum absolute atomic E-state index is 0.0586. The monoisotopic (exact) mass is 288 g/mol. The number of nitrogens with zero attached hydrogens (tertiary/aromatic N) is 1. The largest absolute Gasteiger partial charge is 0.454 e. The average molecular weight is 288 g/mol. The van der Waals surface area contributed by atoms with Crippen molar-refractivity contribution in [3.8, 4) is 11.5 Å². The molecule has 7 heteroatoms. The van der Waals surface area contributed by atoms with Crippen LogP contribution in [0.25, 0.3) is 0 Å². The van der Waals surface area contributed by atoms with Crippen molar-refractivity contribution in [2.24, 2.45) is 0 Å². The molecule has 20 heavy (non-hydrogen) atoms. The Bertz CT molecular complexity index is 487. The summed E-state index contributed by atoms with van der Waals surface area (Å²) in [5.41, 5.74) is 0.198. The van der Waals surface area contributed by atoms with Crippen LogP contribution >= 0.6 is 0 Å². The van der Waals surface area contributed by atoms with Gasteiger partial charge in [-0.15, -0.1) is 0 Å². The van der Waals surface area contributed by atoms with Crippen molar-refractivity contribution in [3.63, 3.8) is 0 Å². The molecule has 110 valence electrons. The highest BCUT2D eigenvalue weighted by atomic mass is 19.4. The first-order valence-electron chi connectivity index (χ1n) is 6.47. The fraction of sp³-hybridized carbons (Fsp3) is 0.538. The number of fused-ring (bicyclic) bond motifs is 1. The number of halogens is 3. The molecule has 0 aliphatic carbocycles. The number of nitrogens with one attached hydrogen (secondary N) is 1. The summed E-state index contributed by atoms with van der Waals surface area (Å²) in [7, 11) is 0. The van der Waals surface area contributed by atoms with Crippen molar-refractivity contribution in [1.29, 1.82) is 0 Å². The molecule has 2 heterocycles. The van der Waals surface area contributed by atoms with E-state index in [1.165, 1.54) is 17.0 Å². The van der Waals surface area contributed by atoms with Gasteiger partial charge in [-0.3, -0.25) is 4.90 Å². The summed E-state index contributed by atoms with van der Waals surface area (Å²) in [6.07, 6.45) is -4.31. The van der Waals surface area contributed by atoms with E-state index < -0.39 is 12.2 Å². The first-order chi connectivity index (χ1) is 9.55. The molecule has 0 radical (unpaired) electrons. The first-order valence-corrected chi connectivity index (χ1v) is 6.47. The Morgan fingerprint density at radius 3 is 2.50 bits per heavy atom. The number of benzene rings is 1. The molecular weight excluding hydrogens is 273 g/mol. The van der Waals surface area contributed by atoms with Gasteiger partial charge < -0.3 is 14.8 Å². The van der Waals surface area contributed by atoms with Crippen molar-refractivity contribution in [2.75, 3.05) is 33.0 Å². The van der Waals surface area contributed by atoms with Gasteiger partial charge >= 0.3 is 6.18 Å². The molecule has 0 amide bonds. The van der Waals surface area contributed by atoms with Gasteiger partial charge in [0.25, 0.3) is 0 Å². The maximum atomic E-state index is 13.4. The molecule has 0 saturated carbocycles. The third kappa shape index (κ3) is 2.55. The number of hydrogen-bond donors (Lipinski definition) is 1. The lowest BCUT2D eigenvalue weighted by atomic mass is 10.0. The average Bonchev–Trinajstić information content (AvgIpc) is 2.86. The number of piperazine rings is 1. The van der Waals surface area contributed by atoms with Gasteiger partial charge in [0.1, 0.15) is 6.04 Å². The number of rotatable bonds is 2. The molecule has 2 aliphatic rings. The Labute approximate surface area is 114 Å². The smallest absolute Gasteiger partial charge is 0.408 e. The zero-order valence-electron chi connectivity index (χ0n) is 10.7. The highest BCUT2D eigenvalue weighted by Crippen LogP contribution is 2.41. The van der Waals surface area contributed by atoms with E-state index in [1.807, 2.05) is 0 Å². The maximum absolute atomic E-state index is 13.4. The summed E-state index contributed by atoms with van der Waals surface area (Å²) in [5.74, 6) is 0.877. The SMILES string of the molecule is FC(F)(F)[C@@H](c1ccc2c(c1)OCO2)N1CCNCC1. The van der Waals surface area contributed by atoms with Crippen LogP contribution in [0.2, 0.25) is 0 Å². The summed E-state index contributed by atoms with van der Waals surface area (Å²) >= 11 is 0. The van der Waals surface area contributed by atoms with Crippen LogP contribution in [0.1, 0.15) is 11.6 Å². The standard InChI is InChI=1S/C13H15F3N2O2/c14-13(15,16)12(18-5-3-17-4-6-18)9-1-2-10-11(7-9)20-8-19-10/h1-2,7,12,17H,3-6,8H2/t12-/m1/s1. The third-order valence-electron chi connectivity index (χ3n) is 3.54. The zero-order valence-corrected chi connectivity index (χ0v) is 10.7. The molecule has 1 fully saturated rings. The van der Waals surface area contributed by atoms with E-state index in [9.17, 15) is 13.2 Å². The minimum Gasteiger partial charge on any atom is -0.454 e. The van der Waals surface area contributed by atoms with Gasteiger partial charge in [-0.1, -0.05) is 6.07 Å². The molecule has 4 nitrogen and oxygen atoms in total.